The molecule has 0 amide bonds. The lowest BCUT2D eigenvalue weighted by molar-refractivity contribution is 0.527. The molecule has 4 aromatic carbocycles. The summed E-state index contributed by atoms with van der Waals surface area (Å²) in [6.45, 7) is 21.3. The van der Waals surface area contributed by atoms with Gasteiger partial charge in [0.05, 0.1) is 6.04 Å². The molecule has 2 aliphatic carbocycles. The van der Waals surface area contributed by atoms with Crippen molar-refractivity contribution in [2.45, 2.75) is 104 Å². The molecule has 2 heteroatoms. The monoisotopic (exact) mass is 623 g/mol. The normalized spacial score (nSPS) is 19.2. The van der Waals surface area contributed by atoms with E-state index in [2.05, 4.69) is 126 Å². The van der Waals surface area contributed by atoms with Crippen LogP contribution >= 0.6 is 11.3 Å². The van der Waals surface area contributed by atoms with E-state index in [1.54, 1.807) is 5.57 Å². The quantitative estimate of drug-likeness (QED) is 0.170. The highest BCUT2D eigenvalue weighted by Gasteiger charge is 2.32. The highest BCUT2D eigenvalue weighted by molar-refractivity contribution is 7.25. The Morgan fingerprint density at radius 2 is 1.63 bits per heavy atom. The number of fused-ring (bicyclic) bond motifs is 6. The maximum atomic E-state index is 4.99. The number of thiophene rings is 1. The first-order valence-electron chi connectivity index (χ1n) is 17.5. The lowest BCUT2D eigenvalue weighted by Gasteiger charge is -2.42. The Kier molecular flexibility index (Phi) is 8.22. The summed E-state index contributed by atoms with van der Waals surface area (Å²) in [7, 11) is 0. The molecule has 5 aromatic rings. The average molecular weight is 624 g/mol. The Bertz CT molecular complexity index is 2020. The van der Waals surface area contributed by atoms with Gasteiger partial charge in [0.15, 0.2) is 0 Å². The van der Waals surface area contributed by atoms with E-state index in [0.717, 1.165) is 18.5 Å². The number of nitrogens with zero attached hydrogens (tertiary/aromatic N) is 1. The van der Waals surface area contributed by atoms with Gasteiger partial charge in [-0.3, -0.25) is 0 Å². The van der Waals surface area contributed by atoms with Crippen LogP contribution in [0.15, 0.2) is 78.9 Å². The van der Waals surface area contributed by atoms with E-state index in [-0.39, 0.29) is 0 Å². The minimum Gasteiger partial charge on any atom is -0.334 e. The third kappa shape index (κ3) is 5.14. The Hall–Kier alpha value is -3.62. The molecular weight excluding hydrogens is 575 g/mol. The van der Waals surface area contributed by atoms with E-state index in [1.807, 2.05) is 11.3 Å². The van der Waals surface area contributed by atoms with E-state index >= 15 is 0 Å². The maximum absolute atomic E-state index is 4.99. The van der Waals surface area contributed by atoms with Gasteiger partial charge in [-0.2, -0.15) is 0 Å². The van der Waals surface area contributed by atoms with Crippen LogP contribution in [0.4, 0.5) is 5.69 Å². The van der Waals surface area contributed by atoms with E-state index in [0.29, 0.717) is 23.8 Å². The van der Waals surface area contributed by atoms with Crippen molar-refractivity contribution in [2.24, 2.45) is 0 Å². The van der Waals surface area contributed by atoms with Crippen molar-refractivity contribution in [3.05, 3.63) is 112 Å². The van der Waals surface area contributed by atoms with Gasteiger partial charge in [-0.15, -0.1) is 11.3 Å². The molecule has 1 heterocycles. The fourth-order valence-corrected chi connectivity index (χ4v) is 9.57. The summed E-state index contributed by atoms with van der Waals surface area (Å²) in [5.41, 5.74) is 12.4. The number of hydrogen-bond donors (Lipinski definition) is 0. The number of allylic oxidation sites excluding steroid dienone is 2. The van der Waals surface area contributed by atoms with Gasteiger partial charge in [-0.25, -0.2) is 0 Å². The van der Waals surface area contributed by atoms with Gasteiger partial charge in [0.1, 0.15) is 0 Å². The van der Waals surface area contributed by atoms with Crippen molar-refractivity contribution in [1.29, 1.82) is 0 Å². The highest BCUT2D eigenvalue weighted by Crippen LogP contribution is 2.46. The molecule has 46 heavy (non-hydrogen) atoms. The predicted octanol–water partition coefficient (Wildman–Crippen LogP) is 13.6. The van der Waals surface area contributed by atoms with Gasteiger partial charge >= 0.3 is 0 Å². The Morgan fingerprint density at radius 3 is 2.35 bits per heavy atom. The molecule has 0 bridgehead atoms. The summed E-state index contributed by atoms with van der Waals surface area (Å²) < 4.78 is 2.74. The molecule has 0 radical (unpaired) electrons. The van der Waals surface area contributed by atoms with Crippen LogP contribution in [0, 0.1) is 6.92 Å². The van der Waals surface area contributed by atoms with Gasteiger partial charge < -0.3 is 4.90 Å². The van der Waals surface area contributed by atoms with Crippen molar-refractivity contribution in [3.63, 3.8) is 0 Å². The summed E-state index contributed by atoms with van der Waals surface area (Å²) in [6, 6.07) is 21.8. The zero-order valence-electron chi connectivity index (χ0n) is 28.8. The summed E-state index contributed by atoms with van der Waals surface area (Å²) in [5, 5.41) is 5.50. The predicted molar refractivity (Wildman–Crippen MR) is 206 cm³/mol. The van der Waals surface area contributed by atoms with Gasteiger partial charge in [-0.1, -0.05) is 102 Å². The first kappa shape index (κ1) is 31.0. The van der Waals surface area contributed by atoms with Crippen molar-refractivity contribution >= 4 is 59.7 Å². The van der Waals surface area contributed by atoms with Crippen LogP contribution in [-0.4, -0.2) is 6.04 Å². The van der Waals surface area contributed by atoms with Gasteiger partial charge in [0, 0.05) is 37.1 Å². The van der Waals surface area contributed by atoms with E-state index in [1.165, 1.54) is 89.3 Å². The SMILES string of the molecule is C=C(c1cc2c(cc1C)sc1cc3ccc4c(c3cc12)C(C)CC=C4)N(c1c(C(C)C)cccc1C(C)C)C1CCCC/C1=C\C. The number of rotatable bonds is 6. The zero-order chi connectivity index (χ0) is 32.3. The smallest absolute Gasteiger partial charge is 0.0551 e. The minimum atomic E-state index is 0.322. The number of hydrogen-bond acceptors (Lipinski definition) is 2. The third-order valence-electron chi connectivity index (χ3n) is 10.8. The van der Waals surface area contributed by atoms with Crippen molar-refractivity contribution in [3.8, 4) is 0 Å². The van der Waals surface area contributed by atoms with Crippen LogP contribution in [0.1, 0.15) is 125 Å². The van der Waals surface area contributed by atoms with E-state index in [4.69, 9.17) is 6.58 Å². The molecule has 2 aliphatic rings. The van der Waals surface area contributed by atoms with Crippen molar-refractivity contribution < 1.29 is 0 Å². The molecule has 0 aliphatic heterocycles. The molecule has 1 nitrogen and oxygen atoms in total. The fraction of sp³-hybridized carbons (Fsp3) is 0.364. The Balaban J connectivity index is 1.46. The Labute approximate surface area is 280 Å². The van der Waals surface area contributed by atoms with Crippen LogP contribution in [-0.2, 0) is 0 Å². The molecule has 1 fully saturated rings. The van der Waals surface area contributed by atoms with E-state index in [9.17, 15) is 0 Å². The second-order valence-electron chi connectivity index (χ2n) is 14.5. The molecule has 1 saturated carbocycles. The zero-order valence-corrected chi connectivity index (χ0v) is 29.7. The largest absolute Gasteiger partial charge is 0.334 e. The number of para-hydroxylation sites is 1. The van der Waals surface area contributed by atoms with E-state index < -0.39 is 0 Å². The van der Waals surface area contributed by atoms with Gasteiger partial charge in [0.2, 0.25) is 0 Å². The molecule has 2 unspecified atom stereocenters. The number of benzene rings is 4. The second kappa shape index (κ2) is 12.2. The van der Waals surface area contributed by atoms with Gasteiger partial charge in [-0.05, 0) is 120 Å². The number of anilines is 1. The average Bonchev–Trinajstić information content (AvgIpc) is 3.39. The first-order chi connectivity index (χ1) is 22.2. The minimum absolute atomic E-state index is 0.322. The molecular formula is C44H49NS. The summed E-state index contributed by atoms with van der Waals surface area (Å²) in [4.78, 5) is 2.68. The molecule has 1 aromatic heterocycles. The van der Waals surface area contributed by atoms with Gasteiger partial charge in [0.25, 0.3) is 0 Å². The van der Waals surface area contributed by atoms with Crippen LogP contribution in [0.5, 0.6) is 0 Å². The Morgan fingerprint density at radius 1 is 0.913 bits per heavy atom. The molecule has 2 atom stereocenters. The molecule has 236 valence electrons. The lowest BCUT2D eigenvalue weighted by atomic mass is 9.84. The van der Waals surface area contributed by atoms with Crippen LogP contribution in [0.2, 0.25) is 0 Å². The summed E-state index contributed by atoms with van der Waals surface area (Å²) in [5.74, 6) is 1.37. The highest BCUT2D eigenvalue weighted by atomic mass is 32.1. The molecule has 0 saturated heterocycles. The maximum Gasteiger partial charge on any atom is 0.0551 e. The van der Waals surface area contributed by atoms with Crippen LogP contribution in [0.3, 0.4) is 0 Å². The van der Waals surface area contributed by atoms with Crippen molar-refractivity contribution in [1.82, 2.24) is 0 Å². The molecule has 0 N–H and O–H groups in total. The topological polar surface area (TPSA) is 3.24 Å². The van der Waals surface area contributed by atoms with Crippen LogP contribution in [0.25, 0.3) is 42.7 Å². The first-order valence-corrected chi connectivity index (χ1v) is 18.4. The number of aryl methyl sites for hydroxylation is 1. The van der Waals surface area contributed by atoms with Crippen molar-refractivity contribution in [2.75, 3.05) is 4.90 Å². The fourth-order valence-electron chi connectivity index (χ4n) is 8.35. The molecule has 7 rings (SSSR count). The van der Waals surface area contributed by atoms with Crippen LogP contribution < -0.4 is 4.90 Å². The lowest BCUT2D eigenvalue weighted by Crippen LogP contribution is -2.38. The summed E-state index contributed by atoms with van der Waals surface area (Å²) >= 11 is 1.93. The molecule has 0 spiro atoms. The summed E-state index contributed by atoms with van der Waals surface area (Å²) in [6.07, 6.45) is 13.0. The standard InChI is InChI=1S/C44H49NS/c1-9-31-15-10-11-19-40(31)45(44-34(26(2)3)17-13-18-35(44)27(4)5)30(8)36-24-38-39-25-37-33(23-42(39)46-41(38)22-29(36)7)21-20-32-16-12-14-28(6)43(32)37/h9,12-13,16-18,20-28,40H,8,10-11,14-15,19H2,1-7H3/b31-9+. The third-order valence-corrected chi connectivity index (χ3v) is 11.9. The second-order valence-corrected chi connectivity index (χ2v) is 15.6.